The van der Waals surface area contributed by atoms with Gasteiger partial charge in [-0.15, -0.1) is 0 Å². The molecule has 0 atom stereocenters. The van der Waals surface area contributed by atoms with Gasteiger partial charge < -0.3 is 10.5 Å². The number of para-hydroxylation sites is 1. The number of rotatable bonds is 4. The van der Waals surface area contributed by atoms with Crippen LogP contribution >= 0.6 is 0 Å². The third-order valence-corrected chi connectivity index (χ3v) is 3.27. The van der Waals surface area contributed by atoms with Crippen molar-refractivity contribution in [2.75, 3.05) is 12.3 Å². The summed E-state index contributed by atoms with van der Waals surface area (Å²) in [5.74, 6) is 0.839. The Morgan fingerprint density at radius 3 is 2.80 bits per heavy atom. The summed E-state index contributed by atoms with van der Waals surface area (Å²) >= 11 is 0. The van der Waals surface area contributed by atoms with Crippen LogP contribution in [-0.2, 0) is 6.42 Å². The molecule has 3 heteroatoms. The van der Waals surface area contributed by atoms with Crippen molar-refractivity contribution in [1.82, 2.24) is 4.98 Å². The molecule has 100 valence electrons. The second-order valence-electron chi connectivity index (χ2n) is 4.66. The molecule has 1 aromatic heterocycles. The number of fused-ring (bicyclic) bond motifs is 1. The molecule has 20 heavy (non-hydrogen) atoms. The van der Waals surface area contributed by atoms with Gasteiger partial charge in [-0.1, -0.05) is 24.3 Å². The largest absolute Gasteiger partial charge is 0.493 e. The maximum absolute atomic E-state index is 5.91. The van der Waals surface area contributed by atoms with E-state index in [2.05, 4.69) is 4.98 Å². The highest BCUT2D eigenvalue weighted by Gasteiger charge is 2.00. The maximum Gasteiger partial charge on any atom is 0.121 e. The number of ether oxygens (including phenoxy) is 1. The first-order valence-corrected chi connectivity index (χ1v) is 6.64. The smallest absolute Gasteiger partial charge is 0.121 e. The Bertz CT molecular complexity index is 725. The average Bonchev–Trinajstić information content (AvgIpc) is 2.49. The van der Waals surface area contributed by atoms with E-state index in [0.29, 0.717) is 6.61 Å². The predicted molar refractivity (Wildman–Crippen MR) is 81.8 cm³/mol. The molecule has 0 aliphatic heterocycles. The standard InChI is InChI=1S/C17H16N2O/c18-16-6-2-1-4-13(16)9-11-20-15-8-7-14-5-3-10-19-17(14)12-15/h1-8,10,12H,9,11,18H2. The van der Waals surface area contributed by atoms with E-state index in [9.17, 15) is 0 Å². The molecule has 0 aliphatic carbocycles. The Hall–Kier alpha value is -2.55. The van der Waals surface area contributed by atoms with Crippen molar-refractivity contribution in [2.24, 2.45) is 0 Å². The van der Waals surface area contributed by atoms with E-state index in [0.717, 1.165) is 34.3 Å². The SMILES string of the molecule is Nc1ccccc1CCOc1ccc2cccnc2c1. The van der Waals surface area contributed by atoms with E-state index >= 15 is 0 Å². The van der Waals surface area contributed by atoms with Gasteiger partial charge >= 0.3 is 0 Å². The van der Waals surface area contributed by atoms with Gasteiger partial charge in [0.05, 0.1) is 12.1 Å². The van der Waals surface area contributed by atoms with E-state index in [-0.39, 0.29) is 0 Å². The molecule has 1 heterocycles. The highest BCUT2D eigenvalue weighted by Crippen LogP contribution is 2.19. The van der Waals surface area contributed by atoms with Gasteiger partial charge in [0.25, 0.3) is 0 Å². The van der Waals surface area contributed by atoms with Gasteiger partial charge in [0.15, 0.2) is 0 Å². The summed E-state index contributed by atoms with van der Waals surface area (Å²) in [6, 6.07) is 17.8. The summed E-state index contributed by atoms with van der Waals surface area (Å²) in [5, 5.41) is 1.12. The molecule has 0 radical (unpaired) electrons. The Morgan fingerprint density at radius 1 is 1.00 bits per heavy atom. The van der Waals surface area contributed by atoms with Gasteiger partial charge in [0.2, 0.25) is 0 Å². The van der Waals surface area contributed by atoms with Gasteiger partial charge in [-0.05, 0) is 29.8 Å². The van der Waals surface area contributed by atoms with E-state index in [1.165, 1.54) is 0 Å². The molecule has 0 spiro atoms. The molecule has 0 amide bonds. The van der Waals surface area contributed by atoms with Gasteiger partial charge in [-0.25, -0.2) is 0 Å². The number of nitrogens with two attached hydrogens (primary N) is 1. The number of nitrogens with zero attached hydrogens (tertiary/aromatic N) is 1. The first-order valence-electron chi connectivity index (χ1n) is 6.64. The van der Waals surface area contributed by atoms with Crippen LogP contribution in [-0.4, -0.2) is 11.6 Å². The fourth-order valence-electron chi connectivity index (χ4n) is 2.18. The zero-order valence-electron chi connectivity index (χ0n) is 11.1. The molecule has 3 rings (SSSR count). The molecule has 3 aromatic rings. The lowest BCUT2D eigenvalue weighted by molar-refractivity contribution is 0.322. The van der Waals surface area contributed by atoms with Crippen molar-refractivity contribution in [3.63, 3.8) is 0 Å². The van der Waals surface area contributed by atoms with Crippen molar-refractivity contribution in [3.05, 3.63) is 66.4 Å². The number of benzene rings is 2. The quantitative estimate of drug-likeness (QED) is 0.734. The fraction of sp³-hybridized carbons (Fsp3) is 0.118. The van der Waals surface area contributed by atoms with Gasteiger partial charge in [-0.2, -0.15) is 0 Å². The maximum atomic E-state index is 5.91. The third-order valence-electron chi connectivity index (χ3n) is 3.27. The summed E-state index contributed by atoms with van der Waals surface area (Å²) in [6.45, 7) is 0.604. The summed E-state index contributed by atoms with van der Waals surface area (Å²) < 4.78 is 5.78. The van der Waals surface area contributed by atoms with Gasteiger partial charge in [-0.3, -0.25) is 4.98 Å². The number of aromatic nitrogens is 1. The van der Waals surface area contributed by atoms with Crippen LogP contribution in [0.4, 0.5) is 5.69 Å². The summed E-state index contributed by atoms with van der Waals surface area (Å²) in [6.07, 6.45) is 2.59. The molecule has 0 unspecified atom stereocenters. The van der Waals surface area contributed by atoms with Crippen LogP contribution in [0.1, 0.15) is 5.56 Å². The van der Waals surface area contributed by atoms with Crippen molar-refractivity contribution in [1.29, 1.82) is 0 Å². The number of hydrogen-bond acceptors (Lipinski definition) is 3. The van der Waals surface area contributed by atoms with Crippen LogP contribution < -0.4 is 10.5 Å². The Kier molecular flexibility index (Phi) is 3.50. The topological polar surface area (TPSA) is 48.1 Å². The third kappa shape index (κ3) is 2.72. The second-order valence-corrected chi connectivity index (χ2v) is 4.66. The number of pyridine rings is 1. The monoisotopic (exact) mass is 264 g/mol. The number of anilines is 1. The highest BCUT2D eigenvalue weighted by molar-refractivity contribution is 5.79. The van der Waals surface area contributed by atoms with Crippen LogP contribution in [0.2, 0.25) is 0 Å². The molecule has 0 saturated carbocycles. The lowest BCUT2D eigenvalue weighted by Gasteiger charge is -2.08. The molecule has 0 bridgehead atoms. The Balaban J connectivity index is 1.67. The van der Waals surface area contributed by atoms with Crippen molar-refractivity contribution >= 4 is 16.6 Å². The first-order chi connectivity index (χ1) is 9.83. The normalized spacial score (nSPS) is 10.6. The van der Waals surface area contributed by atoms with Crippen LogP contribution in [0, 0.1) is 0 Å². The van der Waals surface area contributed by atoms with Gasteiger partial charge in [0.1, 0.15) is 5.75 Å². The Labute approximate surface area is 118 Å². The first kappa shape index (κ1) is 12.5. The van der Waals surface area contributed by atoms with Crippen LogP contribution in [0.15, 0.2) is 60.8 Å². The van der Waals surface area contributed by atoms with Gasteiger partial charge in [0, 0.05) is 29.8 Å². The lowest BCUT2D eigenvalue weighted by atomic mass is 10.1. The van der Waals surface area contributed by atoms with E-state index in [4.69, 9.17) is 10.5 Å². The molecule has 2 N–H and O–H groups in total. The molecule has 0 saturated heterocycles. The molecule has 0 aliphatic rings. The molecule has 0 fully saturated rings. The molecular formula is C17H16N2O. The van der Waals surface area contributed by atoms with Crippen LogP contribution in [0.5, 0.6) is 5.75 Å². The zero-order chi connectivity index (χ0) is 13.8. The summed E-state index contributed by atoms with van der Waals surface area (Å²) in [5.41, 5.74) is 8.79. The van der Waals surface area contributed by atoms with Crippen molar-refractivity contribution in [3.8, 4) is 5.75 Å². The van der Waals surface area contributed by atoms with E-state index in [1.807, 2.05) is 54.6 Å². The minimum absolute atomic E-state index is 0.604. The summed E-state index contributed by atoms with van der Waals surface area (Å²) in [7, 11) is 0. The molecule has 2 aromatic carbocycles. The van der Waals surface area contributed by atoms with Crippen molar-refractivity contribution in [2.45, 2.75) is 6.42 Å². The summed E-state index contributed by atoms with van der Waals surface area (Å²) in [4.78, 5) is 4.32. The average molecular weight is 264 g/mol. The van der Waals surface area contributed by atoms with Crippen LogP contribution in [0.3, 0.4) is 0 Å². The van der Waals surface area contributed by atoms with E-state index < -0.39 is 0 Å². The van der Waals surface area contributed by atoms with Crippen molar-refractivity contribution < 1.29 is 4.74 Å². The minimum Gasteiger partial charge on any atom is -0.493 e. The fourth-order valence-corrected chi connectivity index (χ4v) is 2.18. The highest BCUT2D eigenvalue weighted by atomic mass is 16.5. The predicted octanol–water partition coefficient (Wildman–Crippen LogP) is 3.44. The molecular weight excluding hydrogens is 248 g/mol. The second kappa shape index (κ2) is 5.61. The number of hydrogen-bond donors (Lipinski definition) is 1. The Morgan fingerprint density at radius 2 is 1.90 bits per heavy atom. The lowest BCUT2D eigenvalue weighted by Crippen LogP contribution is -2.03. The number of nitrogen functional groups attached to an aromatic ring is 1. The van der Waals surface area contributed by atoms with Crippen LogP contribution in [0.25, 0.3) is 10.9 Å². The zero-order valence-corrected chi connectivity index (χ0v) is 11.1. The molecule has 3 nitrogen and oxygen atoms in total. The van der Waals surface area contributed by atoms with E-state index in [1.54, 1.807) is 6.20 Å². The minimum atomic E-state index is 0.604.